The van der Waals surface area contributed by atoms with E-state index in [-0.39, 0.29) is 11.7 Å². The van der Waals surface area contributed by atoms with Gasteiger partial charge >= 0.3 is 0 Å². The van der Waals surface area contributed by atoms with E-state index >= 15 is 0 Å². The smallest absolute Gasteiger partial charge is 0.255 e. The molecular weight excluding hydrogens is 290 g/mol. The van der Waals surface area contributed by atoms with Crippen LogP contribution in [-0.2, 0) is 0 Å². The second-order valence-electron chi connectivity index (χ2n) is 3.19. The van der Waals surface area contributed by atoms with Gasteiger partial charge in [0.1, 0.15) is 5.82 Å². The fourth-order valence-corrected chi connectivity index (χ4v) is 1.91. The second kappa shape index (κ2) is 6.75. The molecule has 0 saturated carbocycles. The number of nitrogen functional groups attached to an aromatic ring is 1. The van der Waals surface area contributed by atoms with Crippen LogP contribution in [0.15, 0.2) is 16.7 Å². The van der Waals surface area contributed by atoms with Crippen LogP contribution in [0.5, 0.6) is 0 Å². The molecule has 16 heavy (non-hydrogen) atoms. The summed E-state index contributed by atoms with van der Waals surface area (Å²) in [6, 6.07) is 1.67. The number of nitrogens with zero attached hydrogens (tertiary/aromatic N) is 1. The molecule has 3 N–H and O–H groups in total. The summed E-state index contributed by atoms with van der Waals surface area (Å²) in [5, 5.41) is 2.81. The van der Waals surface area contributed by atoms with Crippen molar-refractivity contribution in [3.8, 4) is 0 Å². The van der Waals surface area contributed by atoms with Crippen LogP contribution in [0.25, 0.3) is 0 Å². The van der Waals surface area contributed by atoms with Crippen molar-refractivity contribution in [2.45, 2.75) is 6.42 Å². The number of carbonyl (C=O) groups excluding carboxylic acids is 1. The van der Waals surface area contributed by atoms with Gasteiger partial charge in [0.25, 0.3) is 5.91 Å². The van der Waals surface area contributed by atoms with Gasteiger partial charge in [0, 0.05) is 17.2 Å². The summed E-state index contributed by atoms with van der Waals surface area (Å²) < 4.78 is 0.746. The Morgan fingerprint density at radius 3 is 3.12 bits per heavy atom. The molecule has 88 valence electrons. The zero-order chi connectivity index (χ0) is 12.0. The number of hydrogen-bond acceptors (Lipinski definition) is 4. The Morgan fingerprint density at radius 2 is 2.44 bits per heavy atom. The van der Waals surface area contributed by atoms with Crippen LogP contribution in [0.1, 0.15) is 16.8 Å². The molecule has 0 bridgehead atoms. The van der Waals surface area contributed by atoms with Crippen LogP contribution >= 0.6 is 27.7 Å². The van der Waals surface area contributed by atoms with Crippen molar-refractivity contribution < 1.29 is 4.79 Å². The average Bonchev–Trinajstić information content (AvgIpc) is 2.27. The Morgan fingerprint density at radius 1 is 1.69 bits per heavy atom. The molecule has 1 heterocycles. The molecule has 0 atom stereocenters. The summed E-state index contributed by atoms with van der Waals surface area (Å²) in [6.07, 6.45) is 4.56. The maximum Gasteiger partial charge on any atom is 0.255 e. The summed E-state index contributed by atoms with van der Waals surface area (Å²) in [7, 11) is 0. The number of pyridine rings is 1. The molecule has 0 aromatic carbocycles. The first kappa shape index (κ1) is 13.3. The molecule has 0 radical (unpaired) electrons. The predicted molar refractivity (Wildman–Crippen MR) is 71.7 cm³/mol. The average molecular weight is 304 g/mol. The maximum atomic E-state index is 11.7. The molecule has 6 heteroatoms. The number of hydrogen-bond donors (Lipinski definition) is 2. The Kier molecular flexibility index (Phi) is 5.62. The number of anilines is 1. The first-order chi connectivity index (χ1) is 7.65. The lowest BCUT2D eigenvalue weighted by atomic mass is 10.2. The quantitative estimate of drug-likeness (QED) is 0.815. The molecule has 4 nitrogen and oxygen atoms in total. The van der Waals surface area contributed by atoms with Crippen molar-refractivity contribution in [3.05, 3.63) is 22.3 Å². The van der Waals surface area contributed by atoms with E-state index in [1.165, 1.54) is 0 Å². The Hall–Kier alpha value is -0.750. The molecule has 1 aromatic rings. The number of halogens is 1. The number of nitrogens with one attached hydrogen (secondary N) is 1. The SMILES string of the molecule is CSCCCNC(=O)c1cc(Br)cnc1N. The minimum absolute atomic E-state index is 0.174. The highest BCUT2D eigenvalue weighted by molar-refractivity contribution is 9.10. The van der Waals surface area contributed by atoms with E-state index in [4.69, 9.17) is 5.73 Å². The monoisotopic (exact) mass is 303 g/mol. The molecule has 0 aliphatic heterocycles. The van der Waals surface area contributed by atoms with E-state index < -0.39 is 0 Å². The summed E-state index contributed by atoms with van der Waals surface area (Å²) in [6.45, 7) is 0.658. The van der Waals surface area contributed by atoms with E-state index in [0.717, 1.165) is 16.6 Å². The minimum Gasteiger partial charge on any atom is -0.383 e. The van der Waals surface area contributed by atoms with Crippen molar-refractivity contribution in [2.24, 2.45) is 0 Å². The van der Waals surface area contributed by atoms with Crippen molar-refractivity contribution >= 4 is 39.4 Å². The lowest BCUT2D eigenvalue weighted by Crippen LogP contribution is -2.26. The van der Waals surface area contributed by atoms with Crippen LogP contribution in [0.2, 0.25) is 0 Å². The summed E-state index contributed by atoms with van der Waals surface area (Å²) >= 11 is 5.02. The van der Waals surface area contributed by atoms with Crippen LogP contribution in [0.4, 0.5) is 5.82 Å². The number of rotatable bonds is 5. The molecule has 0 unspecified atom stereocenters. The Bertz CT molecular complexity index is 373. The standard InChI is InChI=1S/C10H14BrN3OS/c1-16-4-2-3-13-10(15)8-5-7(11)6-14-9(8)12/h5-6H,2-4H2,1H3,(H2,12,14)(H,13,15). The van der Waals surface area contributed by atoms with Crippen molar-refractivity contribution in [2.75, 3.05) is 24.3 Å². The summed E-state index contributed by atoms with van der Waals surface area (Å²) in [4.78, 5) is 15.6. The molecule has 0 spiro atoms. The van der Waals surface area contributed by atoms with Gasteiger partial charge in [-0.3, -0.25) is 4.79 Å². The van der Waals surface area contributed by atoms with Crippen LogP contribution in [-0.4, -0.2) is 29.4 Å². The van der Waals surface area contributed by atoms with Crippen LogP contribution in [0, 0.1) is 0 Å². The van der Waals surface area contributed by atoms with E-state index in [0.29, 0.717) is 12.1 Å². The van der Waals surface area contributed by atoms with Gasteiger partial charge in [-0.2, -0.15) is 11.8 Å². The lowest BCUT2D eigenvalue weighted by molar-refractivity contribution is 0.0954. The lowest BCUT2D eigenvalue weighted by Gasteiger charge is -2.06. The highest BCUT2D eigenvalue weighted by Gasteiger charge is 2.10. The van der Waals surface area contributed by atoms with E-state index in [1.54, 1.807) is 24.0 Å². The second-order valence-corrected chi connectivity index (χ2v) is 5.09. The van der Waals surface area contributed by atoms with Crippen molar-refractivity contribution in [1.82, 2.24) is 10.3 Å². The summed E-state index contributed by atoms with van der Waals surface area (Å²) in [5.41, 5.74) is 6.04. The number of thioether (sulfide) groups is 1. The molecule has 0 aliphatic carbocycles. The molecule has 0 saturated heterocycles. The van der Waals surface area contributed by atoms with Gasteiger partial charge in [0.2, 0.25) is 0 Å². The van der Waals surface area contributed by atoms with Crippen molar-refractivity contribution in [3.63, 3.8) is 0 Å². The number of carbonyl (C=O) groups is 1. The fourth-order valence-electron chi connectivity index (χ4n) is 1.15. The number of aromatic nitrogens is 1. The normalized spacial score (nSPS) is 10.1. The van der Waals surface area contributed by atoms with Gasteiger partial charge in [0.15, 0.2) is 0 Å². The number of amides is 1. The minimum atomic E-state index is -0.174. The Labute approximate surface area is 108 Å². The molecule has 1 rings (SSSR count). The van der Waals surface area contributed by atoms with Gasteiger partial charge in [0.05, 0.1) is 5.56 Å². The Balaban J connectivity index is 2.55. The highest BCUT2D eigenvalue weighted by Crippen LogP contribution is 2.15. The van der Waals surface area contributed by atoms with E-state index in [2.05, 4.69) is 26.2 Å². The molecule has 1 aromatic heterocycles. The molecule has 0 aliphatic rings. The van der Waals surface area contributed by atoms with Crippen LogP contribution < -0.4 is 11.1 Å². The molecule has 1 amide bonds. The molecule has 0 fully saturated rings. The predicted octanol–water partition coefficient (Wildman–Crippen LogP) is 1.91. The van der Waals surface area contributed by atoms with Gasteiger partial charge < -0.3 is 11.1 Å². The van der Waals surface area contributed by atoms with Gasteiger partial charge in [-0.15, -0.1) is 0 Å². The first-order valence-electron chi connectivity index (χ1n) is 4.83. The third-order valence-corrected chi connectivity index (χ3v) is 3.07. The highest BCUT2D eigenvalue weighted by atomic mass is 79.9. The van der Waals surface area contributed by atoms with Crippen LogP contribution in [0.3, 0.4) is 0 Å². The first-order valence-corrected chi connectivity index (χ1v) is 7.02. The summed E-state index contributed by atoms with van der Waals surface area (Å²) in [5.74, 6) is 1.12. The topological polar surface area (TPSA) is 68.0 Å². The van der Waals surface area contributed by atoms with Gasteiger partial charge in [-0.05, 0) is 40.4 Å². The number of nitrogens with two attached hydrogens (primary N) is 1. The van der Waals surface area contributed by atoms with E-state index in [1.807, 2.05) is 6.26 Å². The largest absolute Gasteiger partial charge is 0.383 e. The fraction of sp³-hybridized carbons (Fsp3) is 0.400. The van der Waals surface area contributed by atoms with Gasteiger partial charge in [-0.25, -0.2) is 4.98 Å². The third-order valence-electron chi connectivity index (χ3n) is 1.94. The zero-order valence-electron chi connectivity index (χ0n) is 9.00. The zero-order valence-corrected chi connectivity index (χ0v) is 11.4. The van der Waals surface area contributed by atoms with Crippen molar-refractivity contribution in [1.29, 1.82) is 0 Å². The van der Waals surface area contributed by atoms with Gasteiger partial charge in [-0.1, -0.05) is 0 Å². The third kappa shape index (κ3) is 4.02. The maximum absolute atomic E-state index is 11.7. The molecular formula is C10H14BrN3OS. The van der Waals surface area contributed by atoms with E-state index in [9.17, 15) is 4.79 Å².